The van der Waals surface area contributed by atoms with E-state index in [1.54, 1.807) is 0 Å². The first-order valence-corrected chi connectivity index (χ1v) is 5.53. The van der Waals surface area contributed by atoms with Gasteiger partial charge in [0.2, 0.25) is 0 Å². The van der Waals surface area contributed by atoms with Gasteiger partial charge in [0.25, 0.3) is 0 Å². The average molecular weight is 261 g/mol. The van der Waals surface area contributed by atoms with E-state index in [2.05, 4.69) is 28.6 Å². The molecule has 0 fully saturated rings. The van der Waals surface area contributed by atoms with Crippen LogP contribution in [0.3, 0.4) is 0 Å². The van der Waals surface area contributed by atoms with Crippen LogP contribution in [0.25, 0.3) is 0 Å². The zero-order valence-electron chi connectivity index (χ0n) is 7.44. The lowest BCUT2D eigenvalue weighted by molar-refractivity contribution is 0.149. The Bertz CT molecular complexity index is 261. The van der Waals surface area contributed by atoms with Crippen molar-refractivity contribution >= 4 is 28.6 Å². The molecule has 0 amide bonds. The molecule has 1 N–H and O–H groups in total. The quantitative estimate of drug-likeness (QED) is 0.633. The summed E-state index contributed by atoms with van der Waals surface area (Å²) in [5.41, 5.74) is 0.913. The fraction of sp³-hybridized carbons (Fsp3) is 0.400. The summed E-state index contributed by atoms with van der Waals surface area (Å²) in [4.78, 5) is 0. The molecular formula is C10H13BrOS. The van der Waals surface area contributed by atoms with Crippen LogP contribution in [0.2, 0.25) is 0 Å². The molecule has 0 spiro atoms. The lowest BCUT2D eigenvalue weighted by Crippen LogP contribution is -2.27. The Labute approximate surface area is 92.7 Å². The molecule has 0 radical (unpaired) electrons. The predicted octanol–water partition coefficient (Wildman–Crippen LogP) is 2.80. The summed E-state index contributed by atoms with van der Waals surface area (Å²) in [6.45, 7) is 1.93. The van der Waals surface area contributed by atoms with Crippen LogP contribution in [0.15, 0.2) is 30.3 Å². The van der Waals surface area contributed by atoms with Gasteiger partial charge in [-0.15, -0.1) is 0 Å². The van der Waals surface area contributed by atoms with E-state index in [1.807, 2.05) is 37.3 Å². The second-order valence-electron chi connectivity index (χ2n) is 3.25. The van der Waals surface area contributed by atoms with Gasteiger partial charge in [0.15, 0.2) is 0 Å². The van der Waals surface area contributed by atoms with E-state index in [1.165, 1.54) is 0 Å². The fourth-order valence-corrected chi connectivity index (χ4v) is 1.51. The Balaban J connectivity index is 2.85. The van der Waals surface area contributed by atoms with Gasteiger partial charge in [-0.05, 0) is 12.5 Å². The van der Waals surface area contributed by atoms with Gasteiger partial charge in [-0.2, -0.15) is 12.6 Å². The highest BCUT2D eigenvalue weighted by Crippen LogP contribution is 2.34. The van der Waals surface area contributed by atoms with Crippen LogP contribution < -0.4 is 0 Å². The van der Waals surface area contributed by atoms with Crippen molar-refractivity contribution in [3.63, 3.8) is 0 Å². The molecule has 0 saturated carbocycles. The SMILES string of the molecule is CC(Br)(CS)C(O)c1ccccc1. The molecule has 0 aliphatic carbocycles. The molecule has 0 bridgehead atoms. The van der Waals surface area contributed by atoms with Crippen LogP contribution in [0.5, 0.6) is 0 Å². The van der Waals surface area contributed by atoms with Gasteiger partial charge in [0.1, 0.15) is 0 Å². The summed E-state index contributed by atoms with van der Waals surface area (Å²) in [5.74, 6) is 0.586. The third-order valence-electron chi connectivity index (χ3n) is 1.99. The zero-order valence-corrected chi connectivity index (χ0v) is 9.92. The monoisotopic (exact) mass is 260 g/mol. The average Bonchev–Trinajstić information content (AvgIpc) is 2.18. The summed E-state index contributed by atoms with van der Waals surface area (Å²) in [7, 11) is 0. The van der Waals surface area contributed by atoms with E-state index in [0.717, 1.165) is 5.56 Å². The number of hydrogen-bond acceptors (Lipinski definition) is 2. The Hall–Kier alpha value is 0.01000. The van der Waals surface area contributed by atoms with Crippen LogP contribution >= 0.6 is 28.6 Å². The molecule has 2 unspecified atom stereocenters. The van der Waals surface area contributed by atoms with Crippen LogP contribution in [0.4, 0.5) is 0 Å². The number of alkyl halides is 1. The van der Waals surface area contributed by atoms with Gasteiger partial charge < -0.3 is 5.11 Å². The van der Waals surface area contributed by atoms with E-state index in [0.29, 0.717) is 5.75 Å². The molecule has 1 rings (SSSR count). The highest BCUT2D eigenvalue weighted by Gasteiger charge is 2.29. The third-order valence-corrected chi connectivity index (χ3v) is 3.80. The normalized spacial score (nSPS) is 17.8. The fourth-order valence-electron chi connectivity index (χ4n) is 1.07. The summed E-state index contributed by atoms with van der Waals surface area (Å²) < 4.78 is -0.364. The molecule has 1 nitrogen and oxygen atoms in total. The van der Waals surface area contributed by atoms with Crippen molar-refractivity contribution < 1.29 is 5.11 Å². The summed E-state index contributed by atoms with van der Waals surface area (Å²) in [5, 5.41) is 9.95. The molecule has 0 aliphatic rings. The van der Waals surface area contributed by atoms with E-state index < -0.39 is 6.10 Å². The van der Waals surface area contributed by atoms with Crippen LogP contribution in [-0.2, 0) is 0 Å². The van der Waals surface area contributed by atoms with Crippen molar-refractivity contribution in [1.29, 1.82) is 0 Å². The lowest BCUT2D eigenvalue weighted by Gasteiger charge is -2.26. The largest absolute Gasteiger partial charge is 0.387 e. The minimum Gasteiger partial charge on any atom is -0.387 e. The van der Waals surface area contributed by atoms with Gasteiger partial charge in [-0.25, -0.2) is 0 Å². The molecule has 0 aliphatic heterocycles. The summed E-state index contributed by atoms with van der Waals surface area (Å²) >= 11 is 7.64. The van der Waals surface area contributed by atoms with Gasteiger partial charge in [0.05, 0.1) is 10.4 Å². The molecule has 0 aromatic heterocycles. The maximum atomic E-state index is 9.95. The number of halogens is 1. The first kappa shape index (κ1) is 11.1. The zero-order chi connectivity index (χ0) is 9.90. The first-order chi connectivity index (χ1) is 6.08. The van der Waals surface area contributed by atoms with E-state index in [9.17, 15) is 5.11 Å². The van der Waals surface area contributed by atoms with E-state index in [4.69, 9.17) is 0 Å². The second-order valence-corrected chi connectivity index (χ2v) is 5.38. The maximum Gasteiger partial charge on any atom is 0.0948 e. The molecule has 0 heterocycles. The first-order valence-electron chi connectivity index (χ1n) is 4.10. The Kier molecular flexibility index (Phi) is 3.83. The van der Waals surface area contributed by atoms with Crippen molar-refractivity contribution in [2.45, 2.75) is 17.4 Å². The van der Waals surface area contributed by atoms with Gasteiger partial charge in [-0.3, -0.25) is 0 Å². The standard InChI is InChI=1S/C10H13BrOS/c1-10(11,7-13)9(12)8-5-3-2-4-6-8/h2-6,9,12-13H,7H2,1H3. The number of benzene rings is 1. The van der Waals surface area contributed by atoms with Crippen molar-refractivity contribution in [1.82, 2.24) is 0 Å². The van der Waals surface area contributed by atoms with Crippen molar-refractivity contribution in [2.75, 3.05) is 5.75 Å². The predicted molar refractivity (Wildman–Crippen MR) is 62.6 cm³/mol. The Morgan fingerprint density at radius 1 is 1.46 bits per heavy atom. The highest BCUT2D eigenvalue weighted by atomic mass is 79.9. The molecule has 72 valence electrons. The van der Waals surface area contributed by atoms with Gasteiger partial charge in [-0.1, -0.05) is 46.3 Å². The Morgan fingerprint density at radius 3 is 2.46 bits per heavy atom. The third kappa shape index (κ3) is 2.73. The van der Waals surface area contributed by atoms with E-state index >= 15 is 0 Å². The molecule has 13 heavy (non-hydrogen) atoms. The van der Waals surface area contributed by atoms with Crippen molar-refractivity contribution in [3.8, 4) is 0 Å². The molecule has 3 heteroatoms. The smallest absolute Gasteiger partial charge is 0.0948 e. The lowest BCUT2D eigenvalue weighted by atomic mass is 9.99. The number of hydrogen-bond donors (Lipinski definition) is 2. The topological polar surface area (TPSA) is 20.2 Å². The highest BCUT2D eigenvalue weighted by molar-refractivity contribution is 9.10. The van der Waals surface area contributed by atoms with Crippen molar-refractivity contribution in [2.24, 2.45) is 0 Å². The minimum absolute atomic E-state index is 0.364. The van der Waals surface area contributed by atoms with Crippen LogP contribution in [0, 0.1) is 0 Å². The molecule has 2 atom stereocenters. The maximum absolute atomic E-state index is 9.95. The Morgan fingerprint density at radius 2 is 2.00 bits per heavy atom. The van der Waals surface area contributed by atoms with Gasteiger partial charge in [0, 0.05) is 5.75 Å². The second kappa shape index (κ2) is 4.49. The number of rotatable bonds is 3. The number of aliphatic hydroxyl groups is 1. The van der Waals surface area contributed by atoms with E-state index in [-0.39, 0.29) is 4.32 Å². The summed E-state index contributed by atoms with van der Waals surface area (Å²) in [6.07, 6.45) is -0.522. The number of thiol groups is 1. The van der Waals surface area contributed by atoms with Crippen LogP contribution in [-0.4, -0.2) is 15.2 Å². The molecule has 1 aromatic carbocycles. The van der Waals surface area contributed by atoms with Crippen molar-refractivity contribution in [3.05, 3.63) is 35.9 Å². The van der Waals surface area contributed by atoms with Gasteiger partial charge >= 0.3 is 0 Å². The number of aliphatic hydroxyl groups excluding tert-OH is 1. The minimum atomic E-state index is -0.522. The molecular weight excluding hydrogens is 248 g/mol. The van der Waals surface area contributed by atoms with Crippen LogP contribution in [0.1, 0.15) is 18.6 Å². The molecule has 0 saturated heterocycles. The molecule has 1 aromatic rings. The summed E-state index contributed by atoms with van der Waals surface area (Å²) in [6, 6.07) is 9.59.